The summed E-state index contributed by atoms with van der Waals surface area (Å²) in [7, 11) is 1.53. The SMILES string of the molecule is COc1cc([C@H](N)C2CCOCC2)cc(Br)c1O.Cl. The van der Waals surface area contributed by atoms with Crippen LogP contribution in [0.2, 0.25) is 0 Å². The summed E-state index contributed by atoms with van der Waals surface area (Å²) in [4.78, 5) is 0. The molecule has 0 saturated carbocycles. The van der Waals surface area contributed by atoms with Crippen LogP contribution in [-0.4, -0.2) is 25.4 Å². The summed E-state index contributed by atoms with van der Waals surface area (Å²) in [5.41, 5.74) is 7.27. The highest BCUT2D eigenvalue weighted by Crippen LogP contribution is 2.38. The summed E-state index contributed by atoms with van der Waals surface area (Å²) in [6.45, 7) is 1.55. The topological polar surface area (TPSA) is 64.7 Å². The zero-order valence-electron chi connectivity index (χ0n) is 10.8. The first kappa shape index (κ1) is 16.6. The maximum absolute atomic E-state index is 9.78. The second kappa shape index (κ2) is 7.33. The van der Waals surface area contributed by atoms with Crippen molar-refractivity contribution in [1.82, 2.24) is 0 Å². The average Bonchev–Trinajstić information content (AvgIpc) is 2.42. The minimum absolute atomic E-state index is 0. The van der Waals surface area contributed by atoms with Gasteiger partial charge in [0.2, 0.25) is 0 Å². The second-order valence-electron chi connectivity index (χ2n) is 4.53. The molecule has 6 heteroatoms. The summed E-state index contributed by atoms with van der Waals surface area (Å²) in [6.07, 6.45) is 1.95. The van der Waals surface area contributed by atoms with E-state index in [0.29, 0.717) is 16.1 Å². The van der Waals surface area contributed by atoms with Crippen molar-refractivity contribution < 1.29 is 14.6 Å². The van der Waals surface area contributed by atoms with Gasteiger partial charge in [-0.05, 0) is 52.4 Å². The van der Waals surface area contributed by atoms with Crippen LogP contribution in [0.25, 0.3) is 0 Å². The van der Waals surface area contributed by atoms with E-state index in [2.05, 4.69) is 15.9 Å². The molecule has 1 atom stereocenters. The summed E-state index contributed by atoms with van der Waals surface area (Å²) < 4.78 is 11.1. The first-order valence-electron chi connectivity index (χ1n) is 6.03. The number of phenols is 1. The number of rotatable bonds is 3. The lowest BCUT2D eigenvalue weighted by atomic mass is 9.88. The van der Waals surface area contributed by atoms with Crippen molar-refractivity contribution in [1.29, 1.82) is 0 Å². The highest BCUT2D eigenvalue weighted by atomic mass is 79.9. The molecule has 0 unspecified atom stereocenters. The van der Waals surface area contributed by atoms with E-state index in [9.17, 15) is 5.11 Å². The zero-order chi connectivity index (χ0) is 13.1. The molecule has 0 radical (unpaired) electrons. The van der Waals surface area contributed by atoms with E-state index in [1.807, 2.05) is 6.07 Å². The first-order valence-corrected chi connectivity index (χ1v) is 6.82. The summed E-state index contributed by atoms with van der Waals surface area (Å²) in [5, 5.41) is 9.78. The van der Waals surface area contributed by atoms with Crippen molar-refractivity contribution in [2.75, 3.05) is 20.3 Å². The van der Waals surface area contributed by atoms with Crippen LogP contribution in [0, 0.1) is 5.92 Å². The fraction of sp³-hybridized carbons (Fsp3) is 0.538. The lowest BCUT2D eigenvalue weighted by Crippen LogP contribution is -2.27. The Morgan fingerprint density at radius 3 is 2.63 bits per heavy atom. The number of nitrogens with two attached hydrogens (primary N) is 1. The fourth-order valence-corrected chi connectivity index (χ4v) is 2.75. The van der Waals surface area contributed by atoms with Gasteiger partial charge in [0.15, 0.2) is 11.5 Å². The maximum atomic E-state index is 9.78. The Balaban J connectivity index is 0.00000180. The van der Waals surface area contributed by atoms with Crippen molar-refractivity contribution >= 4 is 28.3 Å². The normalized spacial score (nSPS) is 17.6. The van der Waals surface area contributed by atoms with Crippen molar-refractivity contribution in [3.63, 3.8) is 0 Å². The first-order chi connectivity index (χ1) is 8.63. The van der Waals surface area contributed by atoms with Crippen LogP contribution >= 0.6 is 28.3 Å². The fourth-order valence-electron chi connectivity index (χ4n) is 2.29. The predicted octanol–water partition coefficient (Wildman–Crippen LogP) is 3.01. The molecular weight excluding hydrogens is 334 g/mol. The molecule has 0 aromatic heterocycles. The van der Waals surface area contributed by atoms with Gasteiger partial charge in [0.1, 0.15) is 0 Å². The van der Waals surface area contributed by atoms with Gasteiger partial charge in [0.25, 0.3) is 0 Å². The van der Waals surface area contributed by atoms with Crippen LogP contribution in [-0.2, 0) is 4.74 Å². The van der Waals surface area contributed by atoms with Crippen LogP contribution in [0.4, 0.5) is 0 Å². The Hall–Kier alpha value is -0.490. The summed E-state index contributed by atoms with van der Waals surface area (Å²) >= 11 is 3.32. The molecule has 108 valence electrons. The quantitative estimate of drug-likeness (QED) is 0.877. The number of halogens is 2. The third-order valence-corrected chi connectivity index (χ3v) is 4.03. The van der Waals surface area contributed by atoms with Crippen LogP contribution in [0.5, 0.6) is 11.5 Å². The largest absolute Gasteiger partial charge is 0.503 e. The molecule has 4 nitrogen and oxygen atoms in total. The van der Waals surface area contributed by atoms with Crippen LogP contribution in [0.3, 0.4) is 0 Å². The second-order valence-corrected chi connectivity index (χ2v) is 5.38. The summed E-state index contributed by atoms with van der Waals surface area (Å²) in [6, 6.07) is 3.61. The third kappa shape index (κ3) is 3.75. The Kier molecular flexibility index (Phi) is 6.39. The van der Waals surface area contributed by atoms with E-state index in [-0.39, 0.29) is 24.2 Å². The number of methoxy groups -OCH3 is 1. The van der Waals surface area contributed by atoms with Crippen LogP contribution < -0.4 is 10.5 Å². The molecular formula is C13H19BrClNO3. The minimum atomic E-state index is -0.0558. The van der Waals surface area contributed by atoms with Gasteiger partial charge in [-0.1, -0.05) is 0 Å². The van der Waals surface area contributed by atoms with Gasteiger partial charge < -0.3 is 20.3 Å². The molecule has 1 saturated heterocycles. The maximum Gasteiger partial charge on any atom is 0.172 e. The van der Waals surface area contributed by atoms with E-state index in [1.165, 1.54) is 7.11 Å². The monoisotopic (exact) mass is 351 g/mol. The Morgan fingerprint density at radius 1 is 1.42 bits per heavy atom. The van der Waals surface area contributed by atoms with Gasteiger partial charge in [-0.15, -0.1) is 12.4 Å². The van der Waals surface area contributed by atoms with Crippen molar-refractivity contribution in [2.24, 2.45) is 11.7 Å². The molecule has 0 spiro atoms. The number of benzene rings is 1. The van der Waals surface area contributed by atoms with Crippen LogP contribution in [0.1, 0.15) is 24.4 Å². The molecule has 1 fully saturated rings. The Labute approximate surface area is 127 Å². The van der Waals surface area contributed by atoms with Crippen molar-refractivity contribution in [3.8, 4) is 11.5 Å². The van der Waals surface area contributed by atoms with Gasteiger partial charge in [-0.2, -0.15) is 0 Å². The lowest BCUT2D eigenvalue weighted by Gasteiger charge is -2.28. The molecule has 1 aromatic rings. The molecule has 0 aliphatic carbocycles. The smallest absolute Gasteiger partial charge is 0.172 e. The van der Waals surface area contributed by atoms with Gasteiger partial charge in [0, 0.05) is 19.3 Å². The average molecular weight is 353 g/mol. The highest BCUT2D eigenvalue weighted by molar-refractivity contribution is 9.10. The Bertz CT molecular complexity index is 425. The number of aromatic hydroxyl groups is 1. The van der Waals surface area contributed by atoms with Crippen molar-refractivity contribution in [2.45, 2.75) is 18.9 Å². The number of hydrogen-bond acceptors (Lipinski definition) is 4. The molecule has 1 aromatic carbocycles. The van der Waals surface area contributed by atoms with E-state index in [0.717, 1.165) is 31.6 Å². The van der Waals surface area contributed by atoms with Gasteiger partial charge in [-0.3, -0.25) is 0 Å². The van der Waals surface area contributed by atoms with E-state index < -0.39 is 0 Å². The van der Waals surface area contributed by atoms with Gasteiger partial charge >= 0.3 is 0 Å². The predicted molar refractivity (Wildman–Crippen MR) is 80.1 cm³/mol. The highest BCUT2D eigenvalue weighted by Gasteiger charge is 2.23. The standard InChI is InChI=1S/C13H18BrNO3.ClH/c1-17-11-7-9(6-10(14)13(11)16)12(15)8-2-4-18-5-3-8;/h6-8,12,16H,2-5,15H2,1H3;1H/t12-;/m1./s1. The van der Waals surface area contributed by atoms with Gasteiger partial charge in [-0.25, -0.2) is 0 Å². The zero-order valence-corrected chi connectivity index (χ0v) is 13.2. The summed E-state index contributed by atoms with van der Waals surface area (Å²) in [5.74, 6) is 0.974. The molecule has 1 aliphatic heterocycles. The molecule has 3 N–H and O–H groups in total. The Morgan fingerprint density at radius 2 is 2.05 bits per heavy atom. The van der Waals surface area contributed by atoms with E-state index >= 15 is 0 Å². The number of hydrogen-bond donors (Lipinski definition) is 2. The molecule has 1 aliphatic rings. The number of phenolic OH excluding ortho intramolecular Hbond substituents is 1. The van der Waals surface area contributed by atoms with Crippen molar-refractivity contribution in [3.05, 3.63) is 22.2 Å². The van der Waals surface area contributed by atoms with E-state index in [4.69, 9.17) is 15.2 Å². The number of ether oxygens (including phenoxy) is 2. The molecule has 2 rings (SSSR count). The van der Waals surface area contributed by atoms with E-state index in [1.54, 1.807) is 6.07 Å². The van der Waals surface area contributed by atoms with Crippen LogP contribution in [0.15, 0.2) is 16.6 Å². The van der Waals surface area contributed by atoms with Gasteiger partial charge in [0.05, 0.1) is 11.6 Å². The molecule has 19 heavy (non-hydrogen) atoms. The molecule has 0 amide bonds. The minimum Gasteiger partial charge on any atom is -0.503 e. The molecule has 0 bridgehead atoms. The third-order valence-electron chi connectivity index (χ3n) is 3.43. The molecule has 1 heterocycles. The lowest BCUT2D eigenvalue weighted by molar-refractivity contribution is 0.0583.